The molecule has 0 unspecified atom stereocenters. The third kappa shape index (κ3) is 2.37. The van der Waals surface area contributed by atoms with Gasteiger partial charge in [0.25, 0.3) is 0 Å². The highest BCUT2D eigenvalue weighted by atomic mass is 16.4. The van der Waals surface area contributed by atoms with Crippen molar-refractivity contribution in [2.45, 2.75) is 0 Å². The lowest BCUT2D eigenvalue weighted by atomic mass is 9.95. The number of carbonyl (C=O) groups is 4. The number of carboxylic acid groups (broad SMARTS) is 4. The molecular weight excluding hydrogens is 314 g/mol. The largest absolute Gasteiger partial charge is 0.493 e. The number of aromatic carboxylic acids is 4. The van der Waals surface area contributed by atoms with Crippen LogP contribution in [-0.2, 0) is 0 Å². The lowest BCUT2D eigenvalue weighted by Crippen LogP contribution is -2.15. The van der Waals surface area contributed by atoms with Crippen molar-refractivity contribution in [2.24, 2.45) is 0 Å². The summed E-state index contributed by atoms with van der Waals surface area (Å²) in [6, 6.07) is 1.84. The van der Waals surface area contributed by atoms with Crippen LogP contribution < -0.4 is 0 Å². The van der Waals surface area contributed by atoms with Gasteiger partial charge in [-0.2, -0.15) is 0 Å². The van der Waals surface area contributed by atoms with Crippen molar-refractivity contribution < 1.29 is 44.7 Å². The first kappa shape index (κ1) is 15.7. The van der Waals surface area contributed by atoms with E-state index in [0.29, 0.717) is 0 Å². The van der Waals surface area contributed by atoms with Crippen molar-refractivity contribution in [2.75, 3.05) is 0 Å². The molecule has 1 heterocycles. The Balaban J connectivity index is 3.20. The second kappa shape index (κ2) is 5.26. The van der Waals surface area contributed by atoms with Gasteiger partial charge in [-0.1, -0.05) is 0 Å². The summed E-state index contributed by atoms with van der Waals surface area (Å²) in [6.07, 6.45) is 0. The van der Waals surface area contributed by atoms with Gasteiger partial charge in [-0.3, -0.25) is 0 Å². The van der Waals surface area contributed by atoms with E-state index in [0.717, 1.165) is 12.1 Å². The van der Waals surface area contributed by atoms with Crippen LogP contribution in [0, 0.1) is 0 Å². The average molecular weight is 321 g/mol. The molecule has 0 saturated heterocycles. The Morgan fingerprint density at radius 2 is 1.26 bits per heavy atom. The molecule has 0 fully saturated rings. The quantitative estimate of drug-likeness (QED) is 0.538. The molecule has 5 N–H and O–H groups in total. The minimum absolute atomic E-state index is 0.368. The van der Waals surface area contributed by atoms with Gasteiger partial charge in [-0.05, 0) is 12.1 Å². The molecule has 0 radical (unpaired) electrons. The molecular formula is C13H7NO9. The Morgan fingerprint density at radius 1 is 0.739 bits per heavy atom. The van der Waals surface area contributed by atoms with Crippen molar-refractivity contribution in [3.8, 4) is 5.88 Å². The highest BCUT2D eigenvalue weighted by Crippen LogP contribution is 2.32. The summed E-state index contributed by atoms with van der Waals surface area (Å²) in [5.74, 6) is -8.26. The molecule has 2 aromatic rings. The zero-order valence-electron chi connectivity index (χ0n) is 11.0. The maximum absolute atomic E-state index is 11.4. The molecule has 0 aliphatic rings. The average Bonchev–Trinajstić information content (AvgIpc) is 2.43. The highest BCUT2D eigenvalue weighted by molar-refractivity contribution is 6.20. The molecule has 0 saturated carbocycles. The molecule has 0 spiro atoms. The lowest BCUT2D eigenvalue weighted by molar-refractivity contribution is 0.0645. The standard InChI is InChI=1S/C13H7NO9/c15-9-8(13(22)23)7(12(20)21)6-4(14-9)2-1-3(10(16)17)5(6)11(18)19/h1-2H,(H,14,15)(H,16,17)(H,18,19)(H,20,21)(H,22,23). The molecule has 0 aliphatic carbocycles. The van der Waals surface area contributed by atoms with Gasteiger partial charge in [0.15, 0.2) is 0 Å². The van der Waals surface area contributed by atoms with Crippen LogP contribution in [0.4, 0.5) is 0 Å². The van der Waals surface area contributed by atoms with E-state index in [9.17, 15) is 34.5 Å². The van der Waals surface area contributed by atoms with Crippen LogP contribution in [0.1, 0.15) is 41.4 Å². The number of nitrogens with zero attached hydrogens (tertiary/aromatic N) is 1. The number of aromatic hydroxyl groups is 1. The summed E-state index contributed by atoms with van der Waals surface area (Å²) in [6.45, 7) is 0. The van der Waals surface area contributed by atoms with E-state index in [-0.39, 0.29) is 5.52 Å². The predicted octanol–water partition coefficient (Wildman–Crippen LogP) is 0.733. The van der Waals surface area contributed by atoms with Gasteiger partial charge in [0.2, 0.25) is 5.88 Å². The number of carboxylic acids is 4. The molecule has 10 nitrogen and oxygen atoms in total. The number of fused-ring (bicyclic) bond motifs is 1. The topological polar surface area (TPSA) is 182 Å². The third-order valence-electron chi connectivity index (χ3n) is 3.01. The van der Waals surface area contributed by atoms with Gasteiger partial charge < -0.3 is 25.5 Å². The first-order valence-corrected chi connectivity index (χ1v) is 5.79. The van der Waals surface area contributed by atoms with Crippen LogP contribution in [0.15, 0.2) is 12.1 Å². The fraction of sp³-hybridized carbons (Fsp3) is 0. The van der Waals surface area contributed by atoms with E-state index < -0.39 is 57.4 Å². The molecule has 0 atom stereocenters. The Kier molecular flexibility index (Phi) is 3.59. The smallest absolute Gasteiger partial charge is 0.342 e. The zero-order chi connectivity index (χ0) is 17.5. The summed E-state index contributed by atoms with van der Waals surface area (Å²) in [5.41, 5.74) is -4.22. The predicted molar refractivity (Wildman–Crippen MR) is 71.2 cm³/mol. The minimum Gasteiger partial charge on any atom is -0.493 e. The van der Waals surface area contributed by atoms with Gasteiger partial charge in [-0.25, -0.2) is 24.2 Å². The Labute approximate surface area is 125 Å². The zero-order valence-corrected chi connectivity index (χ0v) is 11.0. The summed E-state index contributed by atoms with van der Waals surface area (Å²) < 4.78 is 0. The Hall–Kier alpha value is -3.69. The maximum atomic E-state index is 11.4. The van der Waals surface area contributed by atoms with Crippen molar-refractivity contribution in [3.63, 3.8) is 0 Å². The molecule has 0 amide bonds. The fourth-order valence-electron chi connectivity index (χ4n) is 2.16. The minimum atomic E-state index is -1.86. The summed E-state index contributed by atoms with van der Waals surface area (Å²) >= 11 is 0. The number of pyridine rings is 1. The van der Waals surface area contributed by atoms with Crippen molar-refractivity contribution in [3.05, 3.63) is 34.4 Å². The molecule has 10 heteroatoms. The number of hydrogen-bond acceptors (Lipinski definition) is 6. The first-order valence-electron chi connectivity index (χ1n) is 5.79. The van der Waals surface area contributed by atoms with Crippen LogP contribution in [0.25, 0.3) is 10.9 Å². The van der Waals surface area contributed by atoms with Gasteiger partial charge >= 0.3 is 23.9 Å². The lowest BCUT2D eigenvalue weighted by Gasteiger charge is -2.12. The van der Waals surface area contributed by atoms with Gasteiger partial charge in [0.05, 0.1) is 22.2 Å². The summed E-state index contributed by atoms with van der Waals surface area (Å²) in [7, 11) is 0. The number of hydrogen-bond donors (Lipinski definition) is 5. The second-order valence-electron chi connectivity index (χ2n) is 4.29. The Bertz CT molecular complexity index is 900. The van der Waals surface area contributed by atoms with Crippen molar-refractivity contribution >= 4 is 34.8 Å². The van der Waals surface area contributed by atoms with E-state index in [1.807, 2.05) is 0 Å². The number of rotatable bonds is 4. The van der Waals surface area contributed by atoms with Gasteiger partial charge in [0, 0.05) is 5.39 Å². The van der Waals surface area contributed by atoms with Crippen LogP contribution >= 0.6 is 0 Å². The van der Waals surface area contributed by atoms with Crippen molar-refractivity contribution in [1.29, 1.82) is 0 Å². The van der Waals surface area contributed by atoms with E-state index in [4.69, 9.17) is 10.2 Å². The molecule has 1 aromatic carbocycles. The summed E-state index contributed by atoms with van der Waals surface area (Å²) in [5, 5.41) is 45.4. The third-order valence-corrected chi connectivity index (χ3v) is 3.01. The SMILES string of the molecule is O=C(O)c1ccc2nc(O)c(C(=O)O)c(C(=O)O)c2c1C(=O)O. The normalized spacial score (nSPS) is 10.4. The monoisotopic (exact) mass is 321 g/mol. The molecule has 23 heavy (non-hydrogen) atoms. The van der Waals surface area contributed by atoms with Crippen molar-refractivity contribution in [1.82, 2.24) is 4.98 Å². The highest BCUT2D eigenvalue weighted by Gasteiger charge is 2.30. The van der Waals surface area contributed by atoms with Gasteiger partial charge in [-0.15, -0.1) is 0 Å². The number of aromatic nitrogens is 1. The fourth-order valence-corrected chi connectivity index (χ4v) is 2.16. The Morgan fingerprint density at radius 3 is 1.70 bits per heavy atom. The molecule has 1 aromatic heterocycles. The van der Waals surface area contributed by atoms with Crippen LogP contribution in [0.3, 0.4) is 0 Å². The number of benzene rings is 1. The molecule has 0 aliphatic heterocycles. The van der Waals surface area contributed by atoms with E-state index >= 15 is 0 Å². The van der Waals surface area contributed by atoms with E-state index in [1.54, 1.807) is 0 Å². The second-order valence-corrected chi connectivity index (χ2v) is 4.29. The molecule has 0 bridgehead atoms. The van der Waals surface area contributed by atoms with Gasteiger partial charge in [0.1, 0.15) is 5.56 Å². The van der Waals surface area contributed by atoms with E-state index in [1.165, 1.54) is 0 Å². The van der Waals surface area contributed by atoms with Crippen LogP contribution in [0.5, 0.6) is 5.88 Å². The molecule has 118 valence electrons. The van der Waals surface area contributed by atoms with E-state index in [2.05, 4.69) is 4.98 Å². The van der Waals surface area contributed by atoms with Crippen LogP contribution in [-0.4, -0.2) is 54.4 Å². The maximum Gasteiger partial charge on any atom is 0.342 e. The summed E-state index contributed by atoms with van der Waals surface area (Å²) in [4.78, 5) is 48.5. The molecule has 2 rings (SSSR count). The first-order chi connectivity index (χ1) is 10.7. The van der Waals surface area contributed by atoms with Crippen LogP contribution in [0.2, 0.25) is 0 Å².